The number of nitrogens with two attached hydrogens (primary N) is 2. The third kappa shape index (κ3) is 2.95. The summed E-state index contributed by atoms with van der Waals surface area (Å²) in [6, 6.07) is 0. The van der Waals surface area contributed by atoms with Crippen molar-refractivity contribution >= 4 is 5.84 Å². The van der Waals surface area contributed by atoms with Crippen LogP contribution in [0.15, 0.2) is 16.8 Å². The zero-order valence-corrected chi connectivity index (χ0v) is 8.39. The van der Waals surface area contributed by atoms with E-state index in [2.05, 4.69) is 25.8 Å². The first-order chi connectivity index (χ1) is 5.43. The second-order valence-corrected chi connectivity index (χ2v) is 3.69. The normalized spacial score (nSPS) is 15.0. The molecule has 0 aromatic rings. The van der Waals surface area contributed by atoms with Crippen LogP contribution >= 0.6 is 0 Å². The number of nitrogens with zero attached hydrogens (tertiary/aromatic N) is 1. The average molecular weight is 169 g/mol. The summed E-state index contributed by atoms with van der Waals surface area (Å²) < 4.78 is 0. The highest BCUT2D eigenvalue weighted by molar-refractivity contribution is 5.97. The lowest BCUT2D eigenvalue weighted by Gasteiger charge is -2.21. The minimum atomic E-state index is -0.0303. The van der Waals surface area contributed by atoms with Gasteiger partial charge in [0, 0.05) is 18.3 Å². The summed E-state index contributed by atoms with van der Waals surface area (Å²) in [4.78, 5) is 4.11. The van der Waals surface area contributed by atoms with Gasteiger partial charge in [0.15, 0.2) is 0 Å². The quantitative estimate of drug-likeness (QED) is 0.482. The number of amidine groups is 1. The summed E-state index contributed by atoms with van der Waals surface area (Å²) in [5.41, 5.74) is 12.1. The number of rotatable bonds is 2. The molecule has 3 nitrogen and oxygen atoms in total. The Labute approximate surface area is 74.5 Å². The van der Waals surface area contributed by atoms with Crippen LogP contribution in [0.25, 0.3) is 0 Å². The van der Waals surface area contributed by atoms with Crippen molar-refractivity contribution in [3.8, 4) is 0 Å². The van der Waals surface area contributed by atoms with Crippen LogP contribution < -0.4 is 11.5 Å². The molecule has 0 fully saturated rings. The SMILES string of the molecule is CC/N=C(N)\C(=C\N)C(C)(C)C. The lowest BCUT2D eigenvalue weighted by Crippen LogP contribution is -2.26. The summed E-state index contributed by atoms with van der Waals surface area (Å²) in [7, 11) is 0. The molecule has 0 aliphatic rings. The molecule has 0 bridgehead atoms. The van der Waals surface area contributed by atoms with Crippen molar-refractivity contribution in [1.82, 2.24) is 0 Å². The van der Waals surface area contributed by atoms with Gasteiger partial charge in [-0.1, -0.05) is 20.8 Å². The number of aliphatic imine (C=N–C) groups is 1. The molecule has 0 rings (SSSR count). The Balaban J connectivity index is 4.72. The topological polar surface area (TPSA) is 64.4 Å². The van der Waals surface area contributed by atoms with Crippen LogP contribution in [0, 0.1) is 5.41 Å². The van der Waals surface area contributed by atoms with Gasteiger partial charge in [-0.25, -0.2) is 0 Å². The van der Waals surface area contributed by atoms with E-state index in [9.17, 15) is 0 Å². The second-order valence-electron chi connectivity index (χ2n) is 3.69. The first kappa shape index (κ1) is 11.0. The Kier molecular flexibility index (Phi) is 3.80. The molecule has 4 N–H and O–H groups in total. The van der Waals surface area contributed by atoms with Crippen LogP contribution in [0.1, 0.15) is 27.7 Å². The Morgan fingerprint density at radius 3 is 2.17 bits per heavy atom. The smallest absolute Gasteiger partial charge is 0.123 e. The zero-order chi connectivity index (χ0) is 9.78. The van der Waals surface area contributed by atoms with E-state index in [4.69, 9.17) is 11.5 Å². The molecule has 0 heterocycles. The molecule has 0 spiro atoms. The monoisotopic (exact) mass is 169 g/mol. The van der Waals surface area contributed by atoms with Crippen molar-refractivity contribution in [3.05, 3.63) is 11.8 Å². The van der Waals surface area contributed by atoms with Crippen LogP contribution in [-0.2, 0) is 0 Å². The average Bonchev–Trinajstić information content (AvgIpc) is 1.85. The van der Waals surface area contributed by atoms with Crippen molar-refractivity contribution in [2.24, 2.45) is 21.9 Å². The van der Waals surface area contributed by atoms with E-state index >= 15 is 0 Å². The van der Waals surface area contributed by atoms with E-state index < -0.39 is 0 Å². The Morgan fingerprint density at radius 1 is 1.42 bits per heavy atom. The van der Waals surface area contributed by atoms with Crippen LogP contribution in [0.4, 0.5) is 0 Å². The molecule has 0 radical (unpaired) electrons. The van der Waals surface area contributed by atoms with Gasteiger partial charge >= 0.3 is 0 Å². The summed E-state index contributed by atoms with van der Waals surface area (Å²) in [5.74, 6) is 0.549. The number of hydrogen-bond donors (Lipinski definition) is 2. The Morgan fingerprint density at radius 2 is 1.92 bits per heavy atom. The summed E-state index contributed by atoms with van der Waals surface area (Å²) >= 11 is 0. The molecular weight excluding hydrogens is 150 g/mol. The molecule has 3 heteroatoms. The lowest BCUT2D eigenvalue weighted by atomic mass is 9.86. The highest BCUT2D eigenvalue weighted by Crippen LogP contribution is 2.24. The van der Waals surface area contributed by atoms with Gasteiger partial charge in [-0.3, -0.25) is 4.99 Å². The van der Waals surface area contributed by atoms with Crippen LogP contribution in [-0.4, -0.2) is 12.4 Å². The van der Waals surface area contributed by atoms with Gasteiger partial charge in [0.2, 0.25) is 0 Å². The van der Waals surface area contributed by atoms with Gasteiger partial charge in [0.05, 0.1) is 0 Å². The molecule has 12 heavy (non-hydrogen) atoms. The largest absolute Gasteiger partial charge is 0.404 e. The molecule has 70 valence electrons. The minimum Gasteiger partial charge on any atom is -0.404 e. The first-order valence-electron chi connectivity index (χ1n) is 4.16. The number of hydrogen-bond acceptors (Lipinski definition) is 2. The van der Waals surface area contributed by atoms with E-state index in [1.165, 1.54) is 6.20 Å². The first-order valence-corrected chi connectivity index (χ1v) is 4.16. The third-order valence-electron chi connectivity index (χ3n) is 1.58. The molecule has 0 aromatic heterocycles. The van der Waals surface area contributed by atoms with Crippen molar-refractivity contribution in [2.45, 2.75) is 27.7 Å². The van der Waals surface area contributed by atoms with Gasteiger partial charge in [-0.2, -0.15) is 0 Å². The minimum absolute atomic E-state index is 0.0303. The zero-order valence-electron chi connectivity index (χ0n) is 8.39. The van der Waals surface area contributed by atoms with Gasteiger partial charge in [0.1, 0.15) is 5.84 Å². The maximum absolute atomic E-state index is 5.73. The van der Waals surface area contributed by atoms with E-state index in [1.54, 1.807) is 0 Å². The van der Waals surface area contributed by atoms with Crippen LogP contribution in [0.2, 0.25) is 0 Å². The molecule has 0 amide bonds. The molecule has 0 unspecified atom stereocenters. The molecular formula is C9H19N3. The fraction of sp³-hybridized carbons (Fsp3) is 0.667. The predicted molar refractivity (Wildman–Crippen MR) is 53.9 cm³/mol. The molecule has 0 aliphatic heterocycles. The molecule has 0 saturated carbocycles. The van der Waals surface area contributed by atoms with Crippen molar-refractivity contribution in [3.63, 3.8) is 0 Å². The molecule has 0 aromatic carbocycles. The maximum atomic E-state index is 5.73. The second kappa shape index (κ2) is 4.14. The highest BCUT2D eigenvalue weighted by Gasteiger charge is 2.19. The standard InChI is InChI=1S/C9H19N3/c1-5-12-8(11)7(6-10)9(2,3)4/h6H,5,10H2,1-4H3,(H2,11,12)/b7-6-. The third-order valence-corrected chi connectivity index (χ3v) is 1.58. The van der Waals surface area contributed by atoms with Crippen LogP contribution in [0.3, 0.4) is 0 Å². The fourth-order valence-corrected chi connectivity index (χ4v) is 0.975. The van der Waals surface area contributed by atoms with Gasteiger partial charge in [-0.05, 0) is 12.3 Å². The van der Waals surface area contributed by atoms with Gasteiger partial charge in [-0.15, -0.1) is 0 Å². The van der Waals surface area contributed by atoms with E-state index in [-0.39, 0.29) is 5.41 Å². The molecule has 0 atom stereocenters. The van der Waals surface area contributed by atoms with Crippen LogP contribution in [0.5, 0.6) is 0 Å². The lowest BCUT2D eigenvalue weighted by molar-refractivity contribution is 0.522. The maximum Gasteiger partial charge on any atom is 0.123 e. The Bertz CT molecular complexity index is 196. The predicted octanol–water partition coefficient (Wildman–Crippen LogP) is 1.25. The van der Waals surface area contributed by atoms with Gasteiger partial charge < -0.3 is 11.5 Å². The van der Waals surface area contributed by atoms with E-state index in [0.717, 1.165) is 5.57 Å². The highest BCUT2D eigenvalue weighted by atomic mass is 14.9. The summed E-state index contributed by atoms with van der Waals surface area (Å²) in [5, 5.41) is 0. The Hall–Kier alpha value is -0.990. The van der Waals surface area contributed by atoms with E-state index in [1.807, 2.05) is 6.92 Å². The van der Waals surface area contributed by atoms with Crippen molar-refractivity contribution in [1.29, 1.82) is 0 Å². The van der Waals surface area contributed by atoms with Crippen molar-refractivity contribution < 1.29 is 0 Å². The summed E-state index contributed by atoms with van der Waals surface area (Å²) in [6.45, 7) is 8.82. The van der Waals surface area contributed by atoms with Gasteiger partial charge in [0.25, 0.3) is 0 Å². The molecule has 0 aliphatic carbocycles. The van der Waals surface area contributed by atoms with E-state index in [0.29, 0.717) is 12.4 Å². The molecule has 0 saturated heterocycles. The van der Waals surface area contributed by atoms with Crippen molar-refractivity contribution in [2.75, 3.05) is 6.54 Å². The summed E-state index contributed by atoms with van der Waals surface area (Å²) in [6.07, 6.45) is 1.54. The fourth-order valence-electron chi connectivity index (χ4n) is 0.975.